The standard InChI is InChI=1S/C21H24N2O5/c1-2-21(24)28-17-15-26-13-12-25-14-16-27-20-10-8-19(9-11-20)23-22-18-6-4-3-5-7-18/h2-11H,1,12-17H2. The van der Waals surface area contributed by atoms with E-state index in [9.17, 15) is 4.79 Å². The van der Waals surface area contributed by atoms with E-state index in [4.69, 9.17) is 18.9 Å². The molecule has 0 aliphatic heterocycles. The molecular weight excluding hydrogens is 360 g/mol. The molecule has 2 aromatic carbocycles. The predicted molar refractivity (Wildman–Crippen MR) is 105 cm³/mol. The molecule has 0 saturated heterocycles. The highest BCUT2D eigenvalue weighted by Crippen LogP contribution is 2.20. The number of azo groups is 1. The second-order valence-electron chi connectivity index (χ2n) is 5.47. The summed E-state index contributed by atoms with van der Waals surface area (Å²) < 4.78 is 21.1. The van der Waals surface area contributed by atoms with Gasteiger partial charge in [0.2, 0.25) is 0 Å². The second-order valence-corrected chi connectivity index (χ2v) is 5.47. The highest BCUT2D eigenvalue weighted by molar-refractivity contribution is 5.81. The first-order valence-corrected chi connectivity index (χ1v) is 8.92. The number of rotatable bonds is 13. The summed E-state index contributed by atoms with van der Waals surface area (Å²) in [5, 5.41) is 8.35. The van der Waals surface area contributed by atoms with Gasteiger partial charge in [-0.15, -0.1) is 0 Å². The highest BCUT2D eigenvalue weighted by Gasteiger charge is 1.97. The van der Waals surface area contributed by atoms with Crippen molar-refractivity contribution in [2.45, 2.75) is 0 Å². The van der Waals surface area contributed by atoms with Crippen molar-refractivity contribution in [1.82, 2.24) is 0 Å². The molecule has 0 radical (unpaired) electrons. The summed E-state index contributed by atoms with van der Waals surface area (Å²) in [5.74, 6) is 0.284. The van der Waals surface area contributed by atoms with Gasteiger partial charge in [-0.05, 0) is 36.4 Å². The van der Waals surface area contributed by atoms with Crippen molar-refractivity contribution < 1.29 is 23.7 Å². The van der Waals surface area contributed by atoms with Crippen LogP contribution in [0.1, 0.15) is 0 Å². The smallest absolute Gasteiger partial charge is 0.330 e. The molecule has 7 heteroatoms. The summed E-state index contributed by atoms with van der Waals surface area (Å²) in [6.45, 7) is 5.58. The molecule has 0 fully saturated rings. The van der Waals surface area contributed by atoms with Gasteiger partial charge in [0, 0.05) is 6.08 Å². The van der Waals surface area contributed by atoms with E-state index < -0.39 is 5.97 Å². The third kappa shape index (κ3) is 9.07. The molecule has 0 spiro atoms. The number of carbonyl (C=O) groups excluding carboxylic acids is 1. The first-order valence-electron chi connectivity index (χ1n) is 8.92. The van der Waals surface area contributed by atoms with E-state index in [-0.39, 0.29) is 6.61 Å². The second kappa shape index (κ2) is 13.2. The maximum absolute atomic E-state index is 10.8. The third-order valence-corrected chi connectivity index (χ3v) is 3.38. The van der Waals surface area contributed by atoms with Crippen LogP contribution in [-0.2, 0) is 19.0 Å². The Morgan fingerprint density at radius 3 is 2.00 bits per heavy atom. The quantitative estimate of drug-likeness (QED) is 0.223. The Bertz CT molecular complexity index is 732. The minimum Gasteiger partial charge on any atom is -0.491 e. The van der Waals surface area contributed by atoms with Gasteiger partial charge in [0.05, 0.1) is 37.8 Å². The fraction of sp³-hybridized carbons (Fsp3) is 0.286. The van der Waals surface area contributed by atoms with Gasteiger partial charge in [0.15, 0.2) is 0 Å². The molecule has 0 aliphatic carbocycles. The zero-order valence-electron chi connectivity index (χ0n) is 15.7. The minimum atomic E-state index is -0.454. The fourth-order valence-corrected chi connectivity index (χ4v) is 2.02. The summed E-state index contributed by atoms with van der Waals surface area (Å²) in [4.78, 5) is 10.8. The molecule has 0 bridgehead atoms. The van der Waals surface area contributed by atoms with Crippen LogP contribution in [-0.4, -0.2) is 45.6 Å². The Morgan fingerprint density at radius 1 is 0.786 bits per heavy atom. The maximum atomic E-state index is 10.8. The van der Waals surface area contributed by atoms with Crippen LogP contribution < -0.4 is 4.74 Å². The van der Waals surface area contributed by atoms with Crippen LogP contribution >= 0.6 is 0 Å². The van der Waals surface area contributed by atoms with Crippen molar-refractivity contribution in [3.05, 3.63) is 67.3 Å². The van der Waals surface area contributed by atoms with Gasteiger partial charge in [-0.1, -0.05) is 24.8 Å². The molecule has 2 rings (SSSR count). The number of carbonyl (C=O) groups is 1. The summed E-state index contributed by atoms with van der Waals surface area (Å²) in [6, 6.07) is 16.9. The molecular formula is C21H24N2O5. The fourth-order valence-electron chi connectivity index (χ4n) is 2.02. The average Bonchev–Trinajstić information content (AvgIpc) is 2.75. The molecule has 0 heterocycles. The number of nitrogens with zero attached hydrogens (tertiary/aromatic N) is 2. The van der Waals surface area contributed by atoms with Crippen LogP contribution in [0.4, 0.5) is 11.4 Å². The Morgan fingerprint density at radius 2 is 1.36 bits per heavy atom. The van der Waals surface area contributed by atoms with Crippen LogP contribution in [0.5, 0.6) is 5.75 Å². The lowest BCUT2D eigenvalue weighted by Crippen LogP contribution is -2.13. The molecule has 0 saturated carbocycles. The van der Waals surface area contributed by atoms with Gasteiger partial charge in [-0.25, -0.2) is 4.79 Å². The van der Waals surface area contributed by atoms with Gasteiger partial charge < -0.3 is 18.9 Å². The lowest BCUT2D eigenvalue weighted by atomic mass is 10.3. The van der Waals surface area contributed by atoms with Crippen LogP contribution in [0.15, 0.2) is 77.5 Å². The number of ether oxygens (including phenoxy) is 4. The van der Waals surface area contributed by atoms with E-state index in [1.54, 1.807) is 0 Å². The summed E-state index contributed by atoms with van der Waals surface area (Å²) in [5.41, 5.74) is 1.56. The topological polar surface area (TPSA) is 78.7 Å². The number of hydrogen-bond acceptors (Lipinski definition) is 7. The molecule has 0 aliphatic rings. The van der Waals surface area contributed by atoms with Crippen LogP contribution in [0.3, 0.4) is 0 Å². The van der Waals surface area contributed by atoms with Gasteiger partial charge in [-0.3, -0.25) is 0 Å². The van der Waals surface area contributed by atoms with Crippen molar-refractivity contribution in [1.29, 1.82) is 0 Å². The SMILES string of the molecule is C=CC(=O)OCCOCCOCCOc1ccc(N=Nc2ccccc2)cc1. The van der Waals surface area contributed by atoms with Crippen LogP contribution in [0, 0.1) is 0 Å². The molecule has 148 valence electrons. The van der Waals surface area contributed by atoms with Gasteiger partial charge >= 0.3 is 5.97 Å². The molecule has 7 nitrogen and oxygen atoms in total. The molecule has 0 amide bonds. The van der Waals surface area contributed by atoms with Crippen LogP contribution in [0.2, 0.25) is 0 Å². The van der Waals surface area contributed by atoms with Crippen molar-refractivity contribution >= 4 is 17.3 Å². The van der Waals surface area contributed by atoms with E-state index in [0.29, 0.717) is 33.0 Å². The number of hydrogen-bond donors (Lipinski definition) is 0. The molecule has 0 N–H and O–H groups in total. The molecule has 28 heavy (non-hydrogen) atoms. The van der Waals surface area contributed by atoms with Gasteiger partial charge in [-0.2, -0.15) is 10.2 Å². The number of benzene rings is 2. The Balaban J connectivity index is 1.52. The van der Waals surface area contributed by atoms with E-state index >= 15 is 0 Å². The molecule has 2 aromatic rings. The zero-order valence-corrected chi connectivity index (χ0v) is 15.7. The lowest BCUT2D eigenvalue weighted by Gasteiger charge is -2.08. The zero-order chi connectivity index (χ0) is 19.9. The summed E-state index contributed by atoms with van der Waals surface area (Å²) >= 11 is 0. The minimum absolute atomic E-state index is 0.203. The largest absolute Gasteiger partial charge is 0.491 e. The normalized spacial score (nSPS) is 10.7. The highest BCUT2D eigenvalue weighted by atomic mass is 16.6. The first-order chi connectivity index (χ1) is 13.8. The first kappa shape index (κ1) is 21.3. The Hall–Kier alpha value is -3.03. The Kier molecular flexibility index (Phi) is 10.0. The maximum Gasteiger partial charge on any atom is 0.330 e. The van der Waals surface area contributed by atoms with E-state index in [2.05, 4.69) is 16.8 Å². The third-order valence-electron chi connectivity index (χ3n) is 3.38. The summed E-state index contributed by atoms with van der Waals surface area (Å²) in [7, 11) is 0. The average molecular weight is 384 g/mol. The van der Waals surface area contributed by atoms with Gasteiger partial charge in [0.25, 0.3) is 0 Å². The van der Waals surface area contributed by atoms with E-state index in [1.165, 1.54) is 0 Å². The molecule has 0 aromatic heterocycles. The monoisotopic (exact) mass is 384 g/mol. The van der Waals surface area contributed by atoms with E-state index in [1.807, 2.05) is 54.6 Å². The van der Waals surface area contributed by atoms with Crippen LogP contribution in [0.25, 0.3) is 0 Å². The molecule has 0 atom stereocenters. The lowest BCUT2D eigenvalue weighted by molar-refractivity contribution is -0.139. The van der Waals surface area contributed by atoms with Crippen molar-refractivity contribution in [3.63, 3.8) is 0 Å². The van der Waals surface area contributed by atoms with Crippen molar-refractivity contribution in [3.8, 4) is 5.75 Å². The van der Waals surface area contributed by atoms with E-state index in [0.717, 1.165) is 23.2 Å². The van der Waals surface area contributed by atoms with Crippen molar-refractivity contribution in [2.24, 2.45) is 10.2 Å². The predicted octanol–water partition coefficient (Wildman–Crippen LogP) is 4.24. The van der Waals surface area contributed by atoms with Gasteiger partial charge in [0.1, 0.15) is 19.0 Å². The summed E-state index contributed by atoms with van der Waals surface area (Å²) in [6.07, 6.45) is 1.12. The number of esters is 1. The van der Waals surface area contributed by atoms with Crippen molar-refractivity contribution in [2.75, 3.05) is 39.6 Å². The molecule has 0 unspecified atom stereocenters. The Labute approximate surface area is 164 Å².